The molecule has 2 heteroatoms. The lowest BCUT2D eigenvalue weighted by Crippen LogP contribution is -2.25. The third-order valence-electron chi connectivity index (χ3n) is 3.44. The van der Waals surface area contributed by atoms with Crippen molar-refractivity contribution in [3.63, 3.8) is 0 Å². The van der Waals surface area contributed by atoms with E-state index in [2.05, 4.69) is 25.1 Å². The lowest BCUT2D eigenvalue weighted by Gasteiger charge is -2.30. The maximum Gasteiger partial charge on any atom is 0.198 e. The van der Waals surface area contributed by atoms with Crippen molar-refractivity contribution in [3.05, 3.63) is 65.2 Å². The molecule has 2 nitrogen and oxygen atoms in total. The minimum absolute atomic E-state index is 0.213. The highest BCUT2D eigenvalue weighted by atomic mass is 16.6. The first kappa shape index (κ1) is 11.3. The average Bonchev–Trinajstić information content (AvgIpc) is 2.39. The van der Waals surface area contributed by atoms with Gasteiger partial charge >= 0.3 is 0 Å². The predicted molar refractivity (Wildman–Crippen MR) is 70.7 cm³/mol. The second-order valence-electron chi connectivity index (χ2n) is 4.81. The van der Waals surface area contributed by atoms with Gasteiger partial charge in [-0.25, -0.2) is 0 Å². The molecule has 0 aliphatic carbocycles. The largest absolute Gasteiger partial charge is 0.465 e. The number of aliphatic hydroxyl groups is 1. The molecule has 92 valence electrons. The van der Waals surface area contributed by atoms with Gasteiger partial charge in [0, 0.05) is 17.9 Å². The van der Waals surface area contributed by atoms with Crippen LogP contribution in [-0.4, -0.2) is 11.4 Å². The Hall–Kier alpha value is -1.80. The van der Waals surface area contributed by atoms with Crippen LogP contribution in [-0.2, 0) is 0 Å². The van der Waals surface area contributed by atoms with Crippen LogP contribution in [0.5, 0.6) is 5.75 Å². The Morgan fingerprint density at radius 2 is 1.89 bits per heavy atom. The summed E-state index contributed by atoms with van der Waals surface area (Å²) in [6, 6.07) is 16.4. The van der Waals surface area contributed by atoms with Crippen LogP contribution in [0.25, 0.3) is 0 Å². The van der Waals surface area contributed by atoms with Crippen molar-refractivity contribution in [2.75, 3.05) is 0 Å². The number of rotatable bonds is 1. The fourth-order valence-corrected chi connectivity index (χ4v) is 2.57. The van der Waals surface area contributed by atoms with Crippen molar-refractivity contribution in [1.29, 1.82) is 0 Å². The van der Waals surface area contributed by atoms with Gasteiger partial charge in [-0.05, 0) is 18.6 Å². The molecule has 0 amide bonds. The van der Waals surface area contributed by atoms with Crippen LogP contribution in [0.15, 0.2) is 48.5 Å². The summed E-state index contributed by atoms with van der Waals surface area (Å²) in [5, 5.41) is 9.83. The van der Waals surface area contributed by atoms with E-state index >= 15 is 0 Å². The van der Waals surface area contributed by atoms with Gasteiger partial charge in [0.2, 0.25) is 0 Å². The zero-order chi connectivity index (χ0) is 12.5. The zero-order valence-electron chi connectivity index (χ0n) is 10.3. The van der Waals surface area contributed by atoms with Crippen molar-refractivity contribution >= 4 is 0 Å². The number of aryl methyl sites for hydroxylation is 1. The first-order chi connectivity index (χ1) is 8.74. The van der Waals surface area contributed by atoms with Crippen LogP contribution in [0.2, 0.25) is 0 Å². The van der Waals surface area contributed by atoms with Gasteiger partial charge in [-0.1, -0.05) is 48.0 Å². The van der Waals surface area contributed by atoms with E-state index < -0.39 is 6.29 Å². The van der Waals surface area contributed by atoms with Gasteiger partial charge in [0.1, 0.15) is 5.75 Å². The van der Waals surface area contributed by atoms with Crippen LogP contribution in [0, 0.1) is 6.92 Å². The van der Waals surface area contributed by atoms with E-state index in [1.54, 1.807) is 0 Å². The molecule has 0 fully saturated rings. The van der Waals surface area contributed by atoms with Crippen molar-refractivity contribution in [1.82, 2.24) is 0 Å². The molecule has 0 unspecified atom stereocenters. The molecule has 18 heavy (non-hydrogen) atoms. The Labute approximate surface area is 107 Å². The summed E-state index contributed by atoms with van der Waals surface area (Å²) in [6.45, 7) is 2.08. The Bertz CT molecular complexity index is 548. The highest BCUT2D eigenvalue weighted by Gasteiger charge is 2.28. The van der Waals surface area contributed by atoms with E-state index in [0.29, 0.717) is 6.42 Å². The molecular weight excluding hydrogens is 224 g/mol. The van der Waals surface area contributed by atoms with Crippen LogP contribution >= 0.6 is 0 Å². The molecule has 0 spiro atoms. The molecular formula is C16H16O2. The molecule has 2 aromatic rings. The Balaban J connectivity index is 2.09. The van der Waals surface area contributed by atoms with Gasteiger partial charge in [0.05, 0.1) is 0 Å². The summed E-state index contributed by atoms with van der Waals surface area (Å²) in [4.78, 5) is 0. The second-order valence-corrected chi connectivity index (χ2v) is 4.81. The van der Waals surface area contributed by atoms with Crippen LogP contribution in [0.3, 0.4) is 0 Å². The summed E-state index contributed by atoms with van der Waals surface area (Å²) in [5.41, 5.74) is 3.62. The Morgan fingerprint density at radius 3 is 2.67 bits per heavy atom. The fourth-order valence-electron chi connectivity index (χ4n) is 2.57. The summed E-state index contributed by atoms with van der Waals surface area (Å²) >= 11 is 0. The van der Waals surface area contributed by atoms with Crippen LogP contribution in [0.1, 0.15) is 29.0 Å². The molecule has 3 rings (SSSR count). The number of aliphatic hydroxyl groups excluding tert-OH is 1. The molecule has 0 radical (unpaired) electrons. The predicted octanol–water partition coefficient (Wildman–Crippen LogP) is 3.23. The van der Waals surface area contributed by atoms with Gasteiger partial charge in [0.25, 0.3) is 0 Å². The van der Waals surface area contributed by atoms with E-state index in [1.807, 2.05) is 30.3 Å². The van der Waals surface area contributed by atoms with Crippen LogP contribution < -0.4 is 4.74 Å². The molecule has 0 saturated heterocycles. The van der Waals surface area contributed by atoms with Gasteiger partial charge in [-0.3, -0.25) is 0 Å². The van der Waals surface area contributed by atoms with Gasteiger partial charge in [-0.15, -0.1) is 0 Å². The monoisotopic (exact) mass is 240 g/mol. The minimum Gasteiger partial charge on any atom is -0.465 e. The van der Waals surface area contributed by atoms with Crippen LogP contribution in [0.4, 0.5) is 0 Å². The molecule has 2 atom stereocenters. The summed E-state index contributed by atoms with van der Waals surface area (Å²) in [7, 11) is 0. The smallest absolute Gasteiger partial charge is 0.198 e. The fraction of sp³-hybridized carbons (Fsp3) is 0.250. The molecule has 0 bridgehead atoms. The number of ether oxygens (including phenoxy) is 1. The normalized spacial score (nSPS) is 22.1. The first-order valence-electron chi connectivity index (χ1n) is 6.24. The number of benzene rings is 2. The lowest BCUT2D eigenvalue weighted by molar-refractivity contribution is -0.0359. The highest BCUT2D eigenvalue weighted by Crippen LogP contribution is 2.40. The van der Waals surface area contributed by atoms with Gasteiger partial charge in [-0.2, -0.15) is 0 Å². The summed E-state index contributed by atoms with van der Waals surface area (Å²) < 4.78 is 5.49. The molecule has 1 heterocycles. The SMILES string of the molecule is Cc1ccc2c(c1)[C@@H](c1ccccc1)C[C@@H](O)O2. The maximum absolute atomic E-state index is 9.83. The molecule has 1 N–H and O–H groups in total. The topological polar surface area (TPSA) is 29.5 Å². The van der Waals surface area contributed by atoms with E-state index in [0.717, 1.165) is 5.75 Å². The van der Waals surface area contributed by atoms with E-state index in [4.69, 9.17) is 4.74 Å². The third-order valence-corrected chi connectivity index (χ3v) is 3.44. The van der Waals surface area contributed by atoms with Crippen molar-refractivity contribution in [3.8, 4) is 5.75 Å². The molecule has 2 aromatic carbocycles. The summed E-state index contributed by atoms with van der Waals surface area (Å²) in [5.74, 6) is 1.01. The summed E-state index contributed by atoms with van der Waals surface area (Å²) in [6.07, 6.45) is -0.106. The molecule has 0 saturated carbocycles. The number of hydrogen-bond donors (Lipinski definition) is 1. The van der Waals surface area contributed by atoms with Crippen molar-refractivity contribution in [2.45, 2.75) is 25.6 Å². The van der Waals surface area contributed by atoms with Crippen molar-refractivity contribution in [2.24, 2.45) is 0 Å². The Morgan fingerprint density at radius 1 is 1.11 bits per heavy atom. The third kappa shape index (κ3) is 2.00. The van der Waals surface area contributed by atoms with E-state index in [-0.39, 0.29) is 5.92 Å². The van der Waals surface area contributed by atoms with Crippen molar-refractivity contribution < 1.29 is 9.84 Å². The van der Waals surface area contributed by atoms with E-state index in [1.165, 1.54) is 16.7 Å². The quantitative estimate of drug-likeness (QED) is 0.829. The van der Waals surface area contributed by atoms with Gasteiger partial charge in [0.15, 0.2) is 6.29 Å². The zero-order valence-corrected chi connectivity index (χ0v) is 10.3. The lowest BCUT2D eigenvalue weighted by atomic mass is 9.85. The van der Waals surface area contributed by atoms with Gasteiger partial charge < -0.3 is 9.84 Å². The maximum atomic E-state index is 9.83. The Kier molecular flexibility index (Phi) is 2.80. The molecule has 1 aliphatic heterocycles. The van der Waals surface area contributed by atoms with E-state index in [9.17, 15) is 5.11 Å². The average molecular weight is 240 g/mol. The minimum atomic E-state index is -0.717. The number of fused-ring (bicyclic) bond motifs is 1. The molecule has 0 aromatic heterocycles. The molecule has 1 aliphatic rings. The highest BCUT2D eigenvalue weighted by molar-refractivity contribution is 5.45. The second kappa shape index (κ2) is 4.46. The first-order valence-corrected chi connectivity index (χ1v) is 6.24. The standard InChI is InChI=1S/C16H16O2/c1-11-7-8-15-14(9-11)13(10-16(17)18-15)12-5-3-2-4-6-12/h2-9,13,16-17H,10H2,1H3/t13-,16+/m1/s1. The number of hydrogen-bond acceptors (Lipinski definition) is 2.